The summed E-state index contributed by atoms with van der Waals surface area (Å²) in [6, 6.07) is 4.45. The quantitative estimate of drug-likeness (QED) is 0.799. The van der Waals surface area contributed by atoms with Crippen LogP contribution in [0, 0.1) is 0 Å². The first-order valence-electron chi connectivity index (χ1n) is 5.34. The highest BCUT2D eigenvalue weighted by Crippen LogP contribution is 2.31. The van der Waals surface area contributed by atoms with Crippen molar-refractivity contribution in [1.82, 2.24) is 9.78 Å². The standard InChI is InChI=1S/C12H8ClF3N2O2/c1-20-11(19)9-6-17-18(10(9)13)8-4-2-3-7(5-8)12(14,15)16/h2-6H,1H3. The lowest BCUT2D eigenvalue weighted by atomic mass is 10.2. The van der Waals surface area contributed by atoms with E-state index in [2.05, 4.69) is 9.84 Å². The SMILES string of the molecule is COC(=O)c1cnn(-c2cccc(C(F)(F)F)c2)c1Cl. The Balaban J connectivity index is 2.48. The van der Waals surface area contributed by atoms with E-state index in [4.69, 9.17) is 11.6 Å². The van der Waals surface area contributed by atoms with E-state index in [0.29, 0.717) is 0 Å². The van der Waals surface area contributed by atoms with E-state index >= 15 is 0 Å². The number of aromatic nitrogens is 2. The van der Waals surface area contributed by atoms with Crippen molar-refractivity contribution in [2.45, 2.75) is 6.18 Å². The second kappa shape index (κ2) is 5.16. The van der Waals surface area contributed by atoms with Gasteiger partial charge in [0.05, 0.1) is 24.6 Å². The molecule has 0 saturated heterocycles. The van der Waals surface area contributed by atoms with Gasteiger partial charge < -0.3 is 4.74 Å². The number of carbonyl (C=O) groups excluding carboxylic acids is 1. The maximum atomic E-state index is 12.6. The summed E-state index contributed by atoms with van der Waals surface area (Å²) < 4.78 is 43.4. The number of methoxy groups -OCH3 is 1. The highest BCUT2D eigenvalue weighted by molar-refractivity contribution is 6.32. The van der Waals surface area contributed by atoms with Crippen molar-refractivity contribution in [3.63, 3.8) is 0 Å². The van der Waals surface area contributed by atoms with Crippen LogP contribution < -0.4 is 0 Å². The van der Waals surface area contributed by atoms with Crippen LogP contribution in [0.3, 0.4) is 0 Å². The molecule has 0 amide bonds. The lowest BCUT2D eigenvalue weighted by Crippen LogP contribution is -2.07. The molecule has 0 unspecified atom stereocenters. The summed E-state index contributed by atoms with van der Waals surface area (Å²) in [6.07, 6.45) is -3.34. The first-order valence-corrected chi connectivity index (χ1v) is 5.72. The molecule has 20 heavy (non-hydrogen) atoms. The maximum absolute atomic E-state index is 12.6. The largest absolute Gasteiger partial charge is 0.465 e. The van der Waals surface area contributed by atoms with Gasteiger partial charge in [-0.05, 0) is 18.2 Å². The number of hydrogen-bond acceptors (Lipinski definition) is 3. The molecule has 0 saturated carbocycles. The lowest BCUT2D eigenvalue weighted by molar-refractivity contribution is -0.137. The van der Waals surface area contributed by atoms with E-state index in [1.807, 2.05) is 0 Å². The average Bonchev–Trinajstić information content (AvgIpc) is 2.79. The summed E-state index contributed by atoms with van der Waals surface area (Å²) in [6.45, 7) is 0. The predicted molar refractivity (Wildman–Crippen MR) is 64.9 cm³/mol. The van der Waals surface area contributed by atoms with Crippen LogP contribution in [-0.4, -0.2) is 22.9 Å². The van der Waals surface area contributed by atoms with Crippen LogP contribution >= 0.6 is 11.6 Å². The molecule has 0 spiro atoms. The van der Waals surface area contributed by atoms with Crippen molar-refractivity contribution in [1.29, 1.82) is 0 Å². The Hall–Kier alpha value is -2.02. The summed E-state index contributed by atoms with van der Waals surface area (Å²) >= 11 is 5.92. The molecule has 0 radical (unpaired) electrons. The predicted octanol–water partition coefficient (Wildman–Crippen LogP) is 3.33. The molecule has 2 rings (SSSR count). The molecule has 1 aromatic carbocycles. The van der Waals surface area contributed by atoms with Crippen LogP contribution in [0.25, 0.3) is 5.69 Å². The lowest BCUT2D eigenvalue weighted by Gasteiger charge is -2.09. The summed E-state index contributed by atoms with van der Waals surface area (Å²) in [5.41, 5.74) is -0.757. The molecule has 1 heterocycles. The fourth-order valence-electron chi connectivity index (χ4n) is 1.57. The van der Waals surface area contributed by atoms with Gasteiger partial charge in [-0.15, -0.1) is 0 Å². The number of ether oxygens (including phenoxy) is 1. The Morgan fingerprint density at radius 1 is 1.40 bits per heavy atom. The molecule has 0 bridgehead atoms. The summed E-state index contributed by atoms with van der Waals surface area (Å²) in [5.74, 6) is -0.715. The van der Waals surface area contributed by atoms with Crippen molar-refractivity contribution < 1.29 is 22.7 Å². The highest BCUT2D eigenvalue weighted by atomic mass is 35.5. The van der Waals surface area contributed by atoms with Gasteiger partial charge in [0.1, 0.15) is 10.7 Å². The third-order valence-corrected chi connectivity index (χ3v) is 2.90. The van der Waals surface area contributed by atoms with Gasteiger partial charge in [-0.25, -0.2) is 9.48 Å². The van der Waals surface area contributed by atoms with Crippen molar-refractivity contribution in [3.8, 4) is 5.69 Å². The molecule has 2 aromatic rings. The van der Waals surface area contributed by atoms with Crippen LogP contribution in [0.4, 0.5) is 13.2 Å². The van der Waals surface area contributed by atoms with E-state index in [-0.39, 0.29) is 16.4 Å². The van der Waals surface area contributed by atoms with E-state index in [1.165, 1.54) is 19.2 Å². The van der Waals surface area contributed by atoms with E-state index in [0.717, 1.165) is 23.0 Å². The van der Waals surface area contributed by atoms with Gasteiger partial charge in [-0.3, -0.25) is 0 Å². The number of benzene rings is 1. The van der Waals surface area contributed by atoms with Crippen LogP contribution in [0.15, 0.2) is 30.5 Å². The molecule has 0 fully saturated rings. The van der Waals surface area contributed by atoms with Gasteiger partial charge in [0, 0.05) is 0 Å². The first kappa shape index (κ1) is 14.4. The zero-order chi connectivity index (χ0) is 14.9. The van der Waals surface area contributed by atoms with Gasteiger partial charge in [-0.1, -0.05) is 17.7 Å². The third-order valence-electron chi connectivity index (χ3n) is 2.53. The number of alkyl halides is 3. The fraction of sp³-hybridized carbons (Fsp3) is 0.167. The van der Waals surface area contributed by atoms with E-state index < -0.39 is 17.7 Å². The van der Waals surface area contributed by atoms with Crippen LogP contribution in [-0.2, 0) is 10.9 Å². The smallest absolute Gasteiger partial charge is 0.416 e. The molecule has 0 aliphatic rings. The third kappa shape index (κ3) is 2.62. The zero-order valence-electron chi connectivity index (χ0n) is 10.1. The monoisotopic (exact) mass is 304 g/mol. The van der Waals surface area contributed by atoms with Gasteiger partial charge >= 0.3 is 12.1 Å². The van der Waals surface area contributed by atoms with Gasteiger partial charge in [0.2, 0.25) is 0 Å². The Bertz CT molecular complexity index is 652. The molecule has 0 N–H and O–H groups in total. The number of carbonyl (C=O) groups is 1. The minimum absolute atomic E-state index is 0.0217. The minimum atomic E-state index is -4.47. The summed E-state index contributed by atoms with van der Waals surface area (Å²) in [7, 11) is 1.17. The Morgan fingerprint density at radius 2 is 2.10 bits per heavy atom. The van der Waals surface area contributed by atoms with E-state index in [1.54, 1.807) is 0 Å². The average molecular weight is 305 g/mol. The number of rotatable bonds is 2. The molecule has 106 valence electrons. The topological polar surface area (TPSA) is 44.1 Å². The van der Waals surface area contributed by atoms with Crippen molar-refractivity contribution >= 4 is 17.6 Å². The van der Waals surface area contributed by atoms with Crippen molar-refractivity contribution in [2.75, 3.05) is 7.11 Å². The molecular weight excluding hydrogens is 297 g/mol. The molecule has 1 aromatic heterocycles. The van der Waals surface area contributed by atoms with Gasteiger partial charge in [0.15, 0.2) is 0 Å². The molecule has 8 heteroatoms. The highest BCUT2D eigenvalue weighted by Gasteiger charge is 2.30. The van der Waals surface area contributed by atoms with E-state index in [9.17, 15) is 18.0 Å². The van der Waals surface area contributed by atoms with Crippen molar-refractivity contribution in [2.24, 2.45) is 0 Å². The number of halogens is 4. The van der Waals surface area contributed by atoms with Crippen LogP contribution in [0.1, 0.15) is 15.9 Å². The second-order valence-electron chi connectivity index (χ2n) is 3.80. The normalized spacial score (nSPS) is 11.4. The minimum Gasteiger partial charge on any atom is -0.465 e. The summed E-state index contributed by atoms with van der Waals surface area (Å²) in [5, 5.41) is 3.68. The fourth-order valence-corrected chi connectivity index (χ4v) is 1.84. The number of nitrogens with zero attached hydrogens (tertiary/aromatic N) is 2. The summed E-state index contributed by atoms with van der Waals surface area (Å²) in [4.78, 5) is 11.4. The van der Waals surface area contributed by atoms with Crippen LogP contribution in [0.5, 0.6) is 0 Å². The Labute approximate surface area is 116 Å². The maximum Gasteiger partial charge on any atom is 0.416 e. The number of hydrogen-bond donors (Lipinski definition) is 0. The van der Waals surface area contributed by atoms with Crippen molar-refractivity contribution in [3.05, 3.63) is 46.7 Å². The zero-order valence-corrected chi connectivity index (χ0v) is 10.9. The second-order valence-corrected chi connectivity index (χ2v) is 4.16. The van der Waals surface area contributed by atoms with Crippen LogP contribution in [0.2, 0.25) is 5.15 Å². The Kier molecular flexibility index (Phi) is 3.71. The van der Waals surface area contributed by atoms with Gasteiger partial charge in [0.25, 0.3) is 0 Å². The first-order chi connectivity index (χ1) is 9.34. The number of esters is 1. The molecule has 0 aliphatic carbocycles. The Morgan fingerprint density at radius 3 is 2.70 bits per heavy atom. The van der Waals surface area contributed by atoms with Gasteiger partial charge in [-0.2, -0.15) is 18.3 Å². The molecular formula is C12H8ClF3N2O2. The molecule has 0 atom stereocenters. The molecule has 4 nitrogen and oxygen atoms in total. The molecule has 0 aliphatic heterocycles.